The maximum atomic E-state index is 11.2. The number of rotatable bonds is 3. The lowest BCUT2D eigenvalue weighted by Gasteiger charge is -2.15. The molecule has 0 aliphatic carbocycles. The van der Waals surface area contributed by atoms with E-state index in [1.807, 2.05) is 0 Å². The zero-order chi connectivity index (χ0) is 12.5. The van der Waals surface area contributed by atoms with Crippen LogP contribution in [0.25, 0.3) is 0 Å². The van der Waals surface area contributed by atoms with Crippen LogP contribution in [0.1, 0.15) is 6.42 Å². The summed E-state index contributed by atoms with van der Waals surface area (Å²) < 4.78 is 22.5. The Kier molecular flexibility index (Phi) is 3.58. The summed E-state index contributed by atoms with van der Waals surface area (Å²) in [5, 5.41) is 12.0. The highest BCUT2D eigenvalue weighted by molar-refractivity contribution is 7.89. The summed E-state index contributed by atoms with van der Waals surface area (Å²) in [6, 6.07) is 4.67. The molecule has 1 atom stereocenters. The first kappa shape index (κ1) is 12.6. The number of benzene rings is 1. The van der Waals surface area contributed by atoms with Crippen LogP contribution in [0.5, 0.6) is 0 Å². The topological polar surface area (TPSA) is 84.2 Å². The van der Waals surface area contributed by atoms with Crippen LogP contribution in [-0.2, 0) is 10.0 Å². The zero-order valence-electron chi connectivity index (χ0n) is 9.11. The van der Waals surface area contributed by atoms with Crippen molar-refractivity contribution in [2.45, 2.75) is 17.4 Å². The highest BCUT2D eigenvalue weighted by Crippen LogP contribution is 2.26. The molecule has 7 heteroatoms. The maximum absolute atomic E-state index is 11.2. The number of sulfonamides is 1. The summed E-state index contributed by atoms with van der Waals surface area (Å²) in [7, 11) is -3.69. The molecule has 0 saturated carbocycles. The number of halogens is 1. The zero-order valence-corrected chi connectivity index (χ0v) is 10.7. The molecule has 1 saturated heterocycles. The van der Waals surface area contributed by atoms with Gasteiger partial charge in [0.2, 0.25) is 10.0 Å². The average molecular weight is 276 g/mol. The van der Waals surface area contributed by atoms with Crippen LogP contribution in [0.3, 0.4) is 0 Å². The Labute approximate surface area is 105 Å². The molecule has 1 aromatic carbocycles. The summed E-state index contributed by atoms with van der Waals surface area (Å²) in [5.41, 5.74) is 0.604. The molecule has 1 heterocycles. The fourth-order valence-corrected chi connectivity index (χ4v) is 2.50. The van der Waals surface area contributed by atoms with Crippen molar-refractivity contribution >= 4 is 27.3 Å². The maximum Gasteiger partial charge on any atom is 0.238 e. The summed E-state index contributed by atoms with van der Waals surface area (Å²) >= 11 is 6.01. The van der Waals surface area contributed by atoms with E-state index in [1.165, 1.54) is 18.2 Å². The molecule has 0 radical (unpaired) electrons. The first-order chi connectivity index (χ1) is 7.97. The van der Waals surface area contributed by atoms with Gasteiger partial charge in [0.15, 0.2) is 0 Å². The molecule has 5 nitrogen and oxygen atoms in total. The van der Waals surface area contributed by atoms with E-state index in [1.54, 1.807) is 0 Å². The molecule has 1 aliphatic heterocycles. The third kappa shape index (κ3) is 3.10. The number of anilines is 1. The van der Waals surface area contributed by atoms with Crippen molar-refractivity contribution in [3.8, 4) is 0 Å². The van der Waals surface area contributed by atoms with Crippen LogP contribution in [0.2, 0.25) is 5.02 Å². The third-order valence-electron chi connectivity index (χ3n) is 2.69. The van der Waals surface area contributed by atoms with E-state index >= 15 is 0 Å². The first-order valence-corrected chi connectivity index (χ1v) is 7.19. The Morgan fingerprint density at radius 3 is 2.82 bits per heavy atom. The van der Waals surface area contributed by atoms with E-state index in [-0.39, 0.29) is 10.9 Å². The van der Waals surface area contributed by atoms with Crippen molar-refractivity contribution in [1.29, 1.82) is 0 Å². The molecule has 2 rings (SSSR count). The predicted molar refractivity (Wildman–Crippen MR) is 67.7 cm³/mol. The number of hydrogen-bond acceptors (Lipinski definition) is 4. The Balaban J connectivity index is 2.26. The van der Waals surface area contributed by atoms with Gasteiger partial charge >= 0.3 is 0 Å². The van der Waals surface area contributed by atoms with E-state index in [4.69, 9.17) is 16.7 Å². The highest BCUT2D eigenvalue weighted by atomic mass is 35.5. The van der Waals surface area contributed by atoms with Gasteiger partial charge in [0.25, 0.3) is 0 Å². The average Bonchev–Trinajstić information content (AvgIpc) is 2.72. The van der Waals surface area contributed by atoms with E-state index in [0.717, 1.165) is 19.5 Å². The molecule has 17 heavy (non-hydrogen) atoms. The van der Waals surface area contributed by atoms with Crippen molar-refractivity contribution < 1.29 is 8.42 Å². The van der Waals surface area contributed by atoms with Gasteiger partial charge in [0, 0.05) is 12.6 Å². The Morgan fingerprint density at radius 2 is 2.24 bits per heavy atom. The number of hydrogen-bond donors (Lipinski definition) is 3. The van der Waals surface area contributed by atoms with Crippen LogP contribution < -0.4 is 15.8 Å². The smallest absolute Gasteiger partial charge is 0.238 e. The normalized spacial score (nSPS) is 20.5. The van der Waals surface area contributed by atoms with Gasteiger partial charge in [-0.25, -0.2) is 13.6 Å². The van der Waals surface area contributed by atoms with Crippen molar-refractivity contribution in [2.24, 2.45) is 5.14 Å². The molecule has 1 fully saturated rings. The molecular formula is C10H14ClN3O2S. The van der Waals surface area contributed by atoms with Gasteiger partial charge < -0.3 is 10.6 Å². The van der Waals surface area contributed by atoms with Gasteiger partial charge in [0.1, 0.15) is 0 Å². The van der Waals surface area contributed by atoms with Gasteiger partial charge in [-0.1, -0.05) is 11.6 Å². The summed E-state index contributed by atoms with van der Waals surface area (Å²) in [6.07, 6.45) is 0.982. The Morgan fingerprint density at radius 1 is 1.47 bits per heavy atom. The summed E-state index contributed by atoms with van der Waals surface area (Å²) in [5.74, 6) is 0. The lowest BCUT2D eigenvalue weighted by atomic mass is 10.2. The standard InChI is InChI=1S/C10H14ClN3O2S/c11-9-2-1-8(17(12,15)16)5-10(9)14-7-3-4-13-6-7/h1-2,5,7,13-14H,3-4,6H2,(H2,12,15,16). The minimum Gasteiger partial charge on any atom is -0.380 e. The van der Waals surface area contributed by atoms with Gasteiger partial charge in [-0.15, -0.1) is 0 Å². The Bertz CT molecular complexity index is 512. The minimum atomic E-state index is -3.69. The molecule has 1 aromatic rings. The van der Waals surface area contributed by atoms with Crippen molar-refractivity contribution in [1.82, 2.24) is 5.32 Å². The highest BCUT2D eigenvalue weighted by Gasteiger charge is 2.17. The molecule has 0 amide bonds. The molecule has 0 spiro atoms. The van der Waals surface area contributed by atoms with Crippen molar-refractivity contribution in [2.75, 3.05) is 18.4 Å². The van der Waals surface area contributed by atoms with Crippen LogP contribution in [0.4, 0.5) is 5.69 Å². The van der Waals surface area contributed by atoms with Crippen LogP contribution >= 0.6 is 11.6 Å². The first-order valence-electron chi connectivity index (χ1n) is 5.26. The lowest BCUT2D eigenvalue weighted by Crippen LogP contribution is -2.22. The quantitative estimate of drug-likeness (QED) is 0.760. The second kappa shape index (κ2) is 4.81. The van der Waals surface area contributed by atoms with E-state index in [0.29, 0.717) is 10.7 Å². The van der Waals surface area contributed by atoms with Crippen molar-refractivity contribution in [3.05, 3.63) is 23.2 Å². The van der Waals surface area contributed by atoms with Crippen LogP contribution in [0.15, 0.2) is 23.1 Å². The van der Waals surface area contributed by atoms with E-state index in [9.17, 15) is 8.42 Å². The molecule has 4 N–H and O–H groups in total. The number of nitrogens with one attached hydrogen (secondary N) is 2. The van der Waals surface area contributed by atoms with Gasteiger partial charge in [0.05, 0.1) is 15.6 Å². The SMILES string of the molecule is NS(=O)(=O)c1ccc(Cl)c(NC2CCNC2)c1. The van der Waals surface area contributed by atoms with Crippen LogP contribution in [0, 0.1) is 0 Å². The third-order valence-corrected chi connectivity index (χ3v) is 3.93. The van der Waals surface area contributed by atoms with Crippen LogP contribution in [-0.4, -0.2) is 27.5 Å². The molecule has 1 unspecified atom stereocenters. The largest absolute Gasteiger partial charge is 0.380 e. The molecule has 1 aliphatic rings. The molecule has 0 aromatic heterocycles. The predicted octanol–water partition coefficient (Wildman–Crippen LogP) is 0.761. The molecule has 0 bridgehead atoms. The van der Waals surface area contributed by atoms with Gasteiger partial charge in [-0.05, 0) is 31.2 Å². The number of primary sulfonamides is 1. The summed E-state index contributed by atoms with van der Waals surface area (Å²) in [4.78, 5) is 0.0651. The van der Waals surface area contributed by atoms with Gasteiger partial charge in [-0.2, -0.15) is 0 Å². The molecular weight excluding hydrogens is 262 g/mol. The van der Waals surface area contributed by atoms with Crippen molar-refractivity contribution in [3.63, 3.8) is 0 Å². The second-order valence-electron chi connectivity index (χ2n) is 4.02. The molecule has 94 valence electrons. The Hall–Kier alpha value is -0.820. The fraction of sp³-hybridized carbons (Fsp3) is 0.400. The monoisotopic (exact) mass is 275 g/mol. The van der Waals surface area contributed by atoms with E-state index < -0.39 is 10.0 Å². The minimum absolute atomic E-state index is 0.0651. The lowest BCUT2D eigenvalue weighted by molar-refractivity contribution is 0.598. The van der Waals surface area contributed by atoms with E-state index in [2.05, 4.69) is 10.6 Å². The number of nitrogens with two attached hydrogens (primary N) is 1. The summed E-state index contributed by atoms with van der Waals surface area (Å²) in [6.45, 7) is 1.79. The van der Waals surface area contributed by atoms with Gasteiger partial charge in [-0.3, -0.25) is 0 Å². The second-order valence-corrected chi connectivity index (χ2v) is 5.99. The fourth-order valence-electron chi connectivity index (χ4n) is 1.79.